The lowest BCUT2D eigenvalue weighted by molar-refractivity contribution is -0.118. The van der Waals surface area contributed by atoms with Crippen molar-refractivity contribution in [2.45, 2.75) is 25.8 Å². The molecule has 118 valence electrons. The molecule has 0 unspecified atom stereocenters. The van der Waals surface area contributed by atoms with E-state index in [1.807, 2.05) is 11.8 Å². The molecule has 0 spiro atoms. The van der Waals surface area contributed by atoms with Gasteiger partial charge in [0.1, 0.15) is 5.75 Å². The van der Waals surface area contributed by atoms with Gasteiger partial charge in [0, 0.05) is 24.7 Å². The number of carbonyl (C=O) groups excluding carboxylic acids is 2. The van der Waals surface area contributed by atoms with Crippen molar-refractivity contribution >= 4 is 17.5 Å². The van der Waals surface area contributed by atoms with Crippen LogP contribution in [0.5, 0.6) is 5.75 Å². The first-order valence-corrected chi connectivity index (χ1v) is 7.66. The fourth-order valence-electron chi connectivity index (χ4n) is 3.02. The Bertz CT molecular complexity index is 600. The molecule has 1 saturated heterocycles. The molecule has 22 heavy (non-hydrogen) atoms. The molecule has 1 aromatic rings. The zero-order chi connectivity index (χ0) is 15.7. The Morgan fingerprint density at radius 3 is 3.09 bits per heavy atom. The lowest BCUT2D eigenvalue weighted by atomic mass is 9.92. The summed E-state index contributed by atoms with van der Waals surface area (Å²) in [6.07, 6.45) is 2.04. The Hall–Kier alpha value is -2.08. The van der Waals surface area contributed by atoms with Crippen LogP contribution in [0.1, 0.15) is 30.1 Å². The van der Waals surface area contributed by atoms with E-state index in [9.17, 15) is 9.59 Å². The first-order chi connectivity index (χ1) is 10.5. The van der Waals surface area contributed by atoms with Crippen LogP contribution in [0.4, 0.5) is 5.69 Å². The minimum Gasteiger partial charge on any atom is -0.482 e. The van der Waals surface area contributed by atoms with Crippen molar-refractivity contribution < 1.29 is 14.3 Å². The number of amides is 2. The largest absolute Gasteiger partial charge is 0.482 e. The number of ether oxygens (including phenoxy) is 1. The predicted octanol–water partition coefficient (Wildman–Crippen LogP) is 1.22. The predicted molar refractivity (Wildman–Crippen MR) is 82.8 cm³/mol. The molecule has 0 aliphatic carbocycles. The molecule has 0 saturated carbocycles. The van der Waals surface area contributed by atoms with Crippen molar-refractivity contribution in [1.82, 2.24) is 4.90 Å². The third kappa shape index (κ3) is 2.92. The second-order valence-corrected chi connectivity index (χ2v) is 6.06. The van der Waals surface area contributed by atoms with E-state index in [4.69, 9.17) is 10.5 Å². The minimum atomic E-state index is -0.202. The summed E-state index contributed by atoms with van der Waals surface area (Å²) in [6, 6.07) is 5.25. The van der Waals surface area contributed by atoms with E-state index in [2.05, 4.69) is 5.32 Å². The summed E-state index contributed by atoms with van der Waals surface area (Å²) in [5, 5.41) is 2.73. The lowest BCUT2D eigenvalue weighted by Crippen LogP contribution is -2.45. The maximum atomic E-state index is 12.7. The van der Waals surface area contributed by atoms with Crippen molar-refractivity contribution in [3.05, 3.63) is 23.8 Å². The number of nitrogens with one attached hydrogen (secondary N) is 1. The quantitative estimate of drug-likeness (QED) is 0.860. The van der Waals surface area contributed by atoms with Gasteiger partial charge in [-0.25, -0.2) is 0 Å². The van der Waals surface area contributed by atoms with Crippen molar-refractivity contribution in [2.75, 3.05) is 25.0 Å². The molecule has 3 rings (SSSR count). The van der Waals surface area contributed by atoms with Gasteiger partial charge in [-0.2, -0.15) is 0 Å². The van der Waals surface area contributed by atoms with Crippen LogP contribution in [-0.2, 0) is 4.79 Å². The summed E-state index contributed by atoms with van der Waals surface area (Å²) < 4.78 is 5.31. The lowest BCUT2D eigenvalue weighted by Gasteiger charge is -2.34. The van der Waals surface area contributed by atoms with Gasteiger partial charge in [0.05, 0.1) is 5.69 Å². The fraction of sp³-hybridized carbons (Fsp3) is 0.500. The molecule has 0 aromatic heterocycles. The number of carbonyl (C=O) groups is 2. The third-order valence-electron chi connectivity index (χ3n) is 4.35. The fourth-order valence-corrected chi connectivity index (χ4v) is 3.02. The maximum Gasteiger partial charge on any atom is 0.262 e. The van der Waals surface area contributed by atoms with Gasteiger partial charge < -0.3 is 20.7 Å². The molecule has 2 aliphatic heterocycles. The van der Waals surface area contributed by atoms with Crippen LogP contribution in [0.3, 0.4) is 0 Å². The SMILES string of the molecule is C[C@@H](N)[C@@H]1CCCN(C(=O)c2ccc3c(c2)NC(=O)CO3)C1. The molecule has 0 radical (unpaired) electrons. The summed E-state index contributed by atoms with van der Waals surface area (Å²) in [6.45, 7) is 3.45. The van der Waals surface area contributed by atoms with E-state index >= 15 is 0 Å². The number of benzene rings is 1. The van der Waals surface area contributed by atoms with Gasteiger partial charge in [-0.05, 0) is 43.9 Å². The average molecular weight is 303 g/mol. The van der Waals surface area contributed by atoms with Gasteiger partial charge in [-0.3, -0.25) is 9.59 Å². The van der Waals surface area contributed by atoms with Crippen LogP contribution >= 0.6 is 0 Å². The molecule has 0 bridgehead atoms. The smallest absolute Gasteiger partial charge is 0.262 e. The molecule has 1 fully saturated rings. The molecule has 1 aromatic carbocycles. The zero-order valence-corrected chi connectivity index (χ0v) is 12.7. The number of hydrogen-bond donors (Lipinski definition) is 2. The van der Waals surface area contributed by atoms with Crippen LogP contribution in [0.2, 0.25) is 0 Å². The van der Waals surface area contributed by atoms with Crippen LogP contribution in [0.15, 0.2) is 18.2 Å². The number of nitrogens with zero attached hydrogens (tertiary/aromatic N) is 1. The molecule has 6 heteroatoms. The highest BCUT2D eigenvalue weighted by Crippen LogP contribution is 2.29. The first kappa shape index (κ1) is 14.8. The molecule has 2 atom stereocenters. The van der Waals surface area contributed by atoms with E-state index in [0.29, 0.717) is 29.5 Å². The average Bonchev–Trinajstić information content (AvgIpc) is 2.53. The van der Waals surface area contributed by atoms with Gasteiger partial charge in [-0.1, -0.05) is 0 Å². The van der Waals surface area contributed by atoms with E-state index in [0.717, 1.165) is 19.4 Å². The summed E-state index contributed by atoms with van der Waals surface area (Å²) in [4.78, 5) is 25.9. The van der Waals surface area contributed by atoms with E-state index in [1.165, 1.54) is 0 Å². The van der Waals surface area contributed by atoms with E-state index in [-0.39, 0.29) is 24.5 Å². The normalized spacial score (nSPS) is 22.4. The molecule has 2 amide bonds. The zero-order valence-electron chi connectivity index (χ0n) is 12.7. The number of anilines is 1. The Morgan fingerprint density at radius 2 is 2.32 bits per heavy atom. The van der Waals surface area contributed by atoms with Gasteiger partial charge >= 0.3 is 0 Å². The van der Waals surface area contributed by atoms with Crippen LogP contribution < -0.4 is 15.8 Å². The number of likely N-dealkylation sites (tertiary alicyclic amines) is 1. The second-order valence-electron chi connectivity index (χ2n) is 6.06. The van der Waals surface area contributed by atoms with Gasteiger partial charge in [0.2, 0.25) is 0 Å². The highest BCUT2D eigenvalue weighted by Gasteiger charge is 2.27. The first-order valence-electron chi connectivity index (χ1n) is 7.66. The molecule has 2 heterocycles. The summed E-state index contributed by atoms with van der Waals surface area (Å²) in [5.41, 5.74) is 7.10. The topological polar surface area (TPSA) is 84.7 Å². The Balaban J connectivity index is 1.77. The van der Waals surface area contributed by atoms with Crippen molar-refractivity contribution in [2.24, 2.45) is 11.7 Å². The summed E-state index contributed by atoms with van der Waals surface area (Å²) in [7, 11) is 0. The van der Waals surface area contributed by atoms with Crippen molar-refractivity contribution in [1.29, 1.82) is 0 Å². The standard InChI is InChI=1S/C16H21N3O3/c1-10(17)12-3-2-6-19(8-12)16(21)11-4-5-14-13(7-11)18-15(20)9-22-14/h4-5,7,10,12H,2-3,6,8-9,17H2,1H3,(H,18,20)/t10-,12-/m1/s1. The Labute approximate surface area is 129 Å². The van der Waals surface area contributed by atoms with Crippen molar-refractivity contribution in [3.8, 4) is 5.75 Å². The van der Waals surface area contributed by atoms with Gasteiger partial charge in [0.15, 0.2) is 6.61 Å². The number of nitrogens with two attached hydrogens (primary N) is 1. The monoisotopic (exact) mass is 303 g/mol. The Morgan fingerprint density at radius 1 is 1.50 bits per heavy atom. The van der Waals surface area contributed by atoms with Crippen LogP contribution in [0, 0.1) is 5.92 Å². The third-order valence-corrected chi connectivity index (χ3v) is 4.35. The van der Waals surface area contributed by atoms with E-state index in [1.54, 1.807) is 18.2 Å². The van der Waals surface area contributed by atoms with Gasteiger partial charge in [0.25, 0.3) is 11.8 Å². The van der Waals surface area contributed by atoms with Crippen LogP contribution in [-0.4, -0.2) is 42.5 Å². The molecular weight excluding hydrogens is 282 g/mol. The number of piperidine rings is 1. The molecule has 2 aliphatic rings. The minimum absolute atomic E-state index is 0.0164. The second kappa shape index (κ2) is 5.96. The highest BCUT2D eigenvalue weighted by molar-refractivity contribution is 5.99. The van der Waals surface area contributed by atoms with Gasteiger partial charge in [-0.15, -0.1) is 0 Å². The summed E-state index contributed by atoms with van der Waals surface area (Å²) in [5.74, 6) is 0.724. The summed E-state index contributed by atoms with van der Waals surface area (Å²) >= 11 is 0. The number of fused-ring (bicyclic) bond motifs is 1. The Kier molecular flexibility index (Phi) is 4.02. The van der Waals surface area contributed by atoms with Crippen LogP contribution in [0.25, 0.3) is 0 Å². The van der Waals surface area contributed by atoms with Crippen molar-refractivity contribution in [3.63, 3.8) is 0 Å². The number of rotatable bonds is 2. The molecule has 6 nitrogen and oxygen atoms in total. The number of hydrogen-bond acceptors (Lipinski definition) is 4. The highest BCUT2D eigenvalue weighted by atomic mass is 16.5. The molecule has 3 N–H and O–H groups in total. The maximum absolute atomic E-state index is 12.7. The molecular formula is C16H21N3O3. The van der Waals surface area contributed by atoms with E-state index < -0.39 is 0 Å².